The minimum Gasteiger partial charge on any atom is -0.493 e. The quantitative estimate of drug-likeness (QED) is 0.414. The monoisotopic (exact) mass is 502 g/mol. The van der Waals surface area contributed by atoms with Crippen LogP contribution in [-0.4, -0.2) is 49.9 Å². The topological polar surface area (TPSA) is 123 Å². The Morgan fingerprint density at radius 3 is 2.43 bits per heavy atom. The Morgan fingerprint density at radius 1 is 0.892 bits per heavy atom. The van der Waals surface area contributed by atoms with Gasteiger partial charge < -0.3 is 25.8 Å². The lowest BCUT2D eigenvalue weighted by atomic mass is 9.99. The molecule has 4 rings (SSSR count). The van der Waals surface area contributed by atoms with Crippen molar-refractivity contribution in [3.05, 3.63) is 88.5 Å². The highest BCUT2D eigenvalue weighted by molar-refractivity contribution is 6.04. The van der Waals surface area contributed by atoms with Gasteiger partial charge in [-0.2, -0.15) is 0 Å². The van der Waals surface area contributed by atoms with Crippen molar-refractivity contribution in [2.75, 3.05) is 32.6 Å². The van der Waals surface area contributed by atoms with E-state index in [0.29, 0.717) is 34.9 Å². The van der Waals surface area contributed by atoms with Gasteiger partial charge >= 0.3 is 0 Å². The van der Waals surface area contributed by atoms with Crippen LogP contribution in [0.1, 0.15) is 37.4 Å². The van der Waals surface area contributed by atoms with Gasteiger partial charge in [0, 0.05) is 36.4 Å². The van der Waals surface area contributed by atoms with Crippen LogP contribution < -0.4 is 25.8 Å². The number of rotatable bonds is 9. The molecule has 0 aliphatic carbocycles. The van der Waals surface area contributed by atoms with Gasteiger partial charge in [0.1, 0.15) is 0 Å². The molecule has 1 aliphatic heterocycles. The van der Waals surface area contributed by atoms with Gasteiger partial charge in [-0.05, 0) is 65.6 Å². The predicted molar refractivity (Wildman–Crippen MR) is 140 cm³/mol. The maximum absolute atomic E-state index is 12.9. The summed E-state index contributed by atoms with van der Waals surface area (Å²) in [4.78, 5) is 38.8. The molecule has 1 heterocycles. The molecule has 0 radical (unpaired) electrons. The van der Waals surface area contributed by atoms with Crippen molar-refractivity contribution in [2.24, 2.45) is 5.73 Å². The molecule has 0 unspecified atom stereocenters. The zero-order valence-corrected chi connectivity index (χ0v) is 20.9. The number of primary amides is 1. The van der Waals surface area contributed by atoms with E-state index < -0.39 is 0 Å². The summed E-state index contributed by atoms with van der Waals surface area (Å²) in [5.74, 6) is 0.136. The minimum atomic E-state index is -0.354. The highest BCUT2D eigenvalue weighted by Gasteiger charge is 2.18. The molecule has 3 amide bonds. The summed E-state index contributed by atoms with van der Waals surface area (Å²) >= 11 is 0. The van der Waals surface area contributed by atoms with Gasteiger partial charge in [0.25, 0.3) is 11.8 Å². The molecule has 0 saturated heterocycles. The van der Waals surface area contributed by atoms with Crippen LogP contribution in [0.25, 0.3) is 0 Å². The van der Waals surface area contributed by atoms with E-state index in [1.165, 1.54) is 19.8 Å². The fraction of sp³-hybridized carbons (Fsp3) is 0.250. The van der Waals surface area contributed by atoms with E-state index in [1.807, 2.05) is 29.2 Å². The van der Waals surface area contributed by atoms with E-state index in [2.05, 4.69) is 10.6 Å². The summed E-state index contributed by atoms with van der Waals surface area (Å²) in [6.07, 6.45) is 0.827. The van der Waals surface area contributed by atoms with Gasteiger partial charge in [-0.3, -0.25) is 19.3 Å². The third kappa shape index (κ3) is 6.45. The fourth-order valence-corrected chi connectivity index (χ4v) is 4.34. The van der Waals surface area contributed by atoms with Crippen LogP contribution in [0, 0.1) is 0 Å². The number of nitrogens with one attached hydrogen (secondary N) is 2. The molecule has 3 aromatic rings. The molecule has 0 fully saturated rings. The number of benzene rings is 3. The molecule has 9 heteroatoms. The van der Waals surface area contributed by atoms with Crippen molar-refractivity contribution >= 4 is 23.4 Å². The number of carbonyl (C=O) groups is 3. The number of nitrogens with zero attached hydrogens (tertiary/aromatic N) is 1. The number of hydrogen-bond donors (Lipinski definition) is 3. The number of ether oxygens (including phenoxy) is 2. The molecule has 0 atom stereocenters. The molecule has 37 heavy (non-hydrogen) atoms. The average Bonchev–Trinajstić information content (AvgIpc) is 2.90. The van der Waals surface area contributed by atoms with Crippen LogP contribution in [0.15, 0.2) is 60.7 Å². The summed E-state index contributed by atoms with van der Waals surface area (Å²) < 4.78 is 10.5. The standard InChI is InChI=1S/C28H30N4O5/c1-36-24-9-7-21(14-25(24)37-2)27(34)30-15-18-4-3-5-20(12-18)28(35)31-23-8-6-19-10-11-32(17-26(29)33)16-22(19)13-23/h3-9,12-14H,10-11,15-17H2,1-2H3,(H2,29,33)(H,30,34)(H,31,35). The first-order valence-corrected chi connectivity index (χ1v) is 11.9. The molecular weight excluding hydrogens is 472 g/mol. The molecule has 0 bridgehead atoms. The molecule has 3 aromatic carbocycles. The SMILES string of the molecule is COc1ccc(C(=O)NCc2cccc(C(=O)Nc3ccc4c(c3)CN(CC(N)=O)CC4)c2)cc1OC. The van der Waals surface area contributed by atoms with E-state index in [1.54, 1.807) is 36.4 Å². The second-order valence-corrected chi connectivity index (χ2v) is 8.82. The smallest absolute Gasteiger partial charge is 0.255 e. The van der Waals surface area contributed by atoms with Crippen molar-refractivity contribution in [3.63, 3.8) is 0 Å². The number of methoxy groups -OCH3 is 2. The second-order valence-electron chi connectivity index (χ2n) is 8.82. The van der Waals surface area contributed by atoms with Crippen LogP contribution in [0.5, 0.6) is 11.5 Å². The number of fused-ring (bicyclic) bond motifs is 1. The normalized spacial score (nSPS) is 12.8. The Hall–Kier alpha value is -4.37. The van der Waals surface area contributed by atoms with Crippen LogP contribution >= 0.6 is 0 Å². The first-order valence-electron chi connectivity index (χ1n) is 11.9. The van der Waals surface area contributed by atoms with Crippen molar-refractivity contribution in [2.45, 2.75) is 19.5 Å². The van der Waals surface area contributed by atoms with Crippen molar-refractivity contribution < 1.29 is 23.9 Å². The number of anilines is 1. The Bertz CT molecular complexity index is 1320. The molecule has 1 aliphatic rings. The third-order valence-corrected chi connectivity index (χ3v) is 6.22. The van der Waals surface area contributed by atoms with E-state index in [9.17, 15) is 14.4 Å². The summed E-state index contributed by atoms with van der Waals surface area (Å²) in [7, 11) is 3.05. The number of hydrogen-bond acceptors (Lipinski definition) is 6. The van der Waals surface area contributed by atoms with Crippen molar-refractivity contribution in [1.82, 2.24) is 10.2 Å². The Kier molecular flexibility index (Phi) is 8.05. The van der Waals surface area contributed by atoms with Gasteiger partial charge in [-0.25, -0.2) is 0 Å². The molecule has 0 saturated carbocycles. The van der Waals surface area contributed by atoms with Crippen LogP contribution in [0.2, 0.25) is 0 Å². The van der Waals surface area contributed by atoms with Crippen LogP contribution in [0.4, 0.5) is 5.69 Å². The van der Waals surface area contributed by atoms with E-state index in [-0.39, 0.29) is 30.8 Å². The highest BCUT2D eigenvalue weighted by atomic mass is 16.5. The van der Waals surface area contributed by atoms with Gasteiger partial charge in [-0.1, -0.05) is 18.2 Å². The molecule has 9 nitrogen and oxygen atoms in total. The Balaban J connectivity index is 1.38. The maximum atomic E-state index is 12.9. The zero-order chi connectivity index (χ0) is 26.4. The lowest BCUT2D eigenvalue weighted by Crippen LogP contribution is -2.37. The number of carbonyl (C=O) groups excluding carboxylic acids is 3. The molecular formula is C28H30N4O5. The highest BCUT2D eigenvalue weighted by Crippen LogP contribution is 2.27. The van der Waals surface area contributed by atoms with Gasteiger partial charge in [0.2, 0.25) is 5.91 Å². The first kappa shape index (κ1) is 25.7. The maximum Gasteiger partial charge on any atom is 0.255 e. The van der Waals surface area contributed by atoms with E-state index >= 15 is 0 Å². The Labute approximate surface area is 215 Å². The van der Waals surface area contributed by atoms with E-state index in [4.69, 9.17) is 15.2 Å². The second kappa shape index (κ2) is 11.6. The molecule has 0 spiro atoms. The van der Waals surface area contributed by atoms with Crippen LogP contribution in [0.3, 0.4) is 0 Å². The van der Waals surface area contributed by atoms with E-state index in [0.717, 1.165) is 24.1 Å². The van der Waals surface area contributed by atoms with Crippen LogP contribution in [-0.2, 0) is 24.3 Å². The predicted octanol–water partition coefficient (Wildman–Crippen LogP) is 2.73. The van der Waals surface area contributed by atoms with Crippen molar-refractivity contribution in [1.29, 1.82) is 0 Å². The van der Waals surface area contributed by atoms with Crippen molar-refractivity contribution in [3.8, 4) is 11.5 Å². The van der Waals surface area contributed by atoms with Gasteiger partial charge in [-0.15, -0.1) is 0 Å². The Morgan fingerprint density at radius 2 is 1.68 bits per heavy atom. The van der Waals surface area contributed by atoms with Gasteiger partial charge in [0.05, 0.1) is 20.8 Å². The number of nitrogens with two attached hydrogens (primary N) is 1. The lowest BCUT2D eigenvalue weighted by Gasteiger charge is -2.28. The van der Waals surface area contributed by atoms with Gasteiger partial charge in [0.15, 0.2) is 11.5 Å². The average molecular weight is 503 g/mol. The summed E-state index contributed by atoms with van der Waals surface area (Å²) in [5.41, 5.74) is 9.98. The fourth-order valence-electron chi connectivity index (χ4n) is 4.34. The zero-order valence-electron chi connectivity index (χ0n) is 20.9. The summed E-state index contributed by atoms with van der Waals surface area (Å²) in [6.45, 7) is 1.85. The minimum absolute atomic E-state index is 0.214. The third-order valence-electron chi connectivity index (χ3n) is 6.22. The first-order chi connectivity index (χ1) is 17.9. The summed E-state index contributed by atoms with van der Waals surface area (Å²) in [6, 6.07) is 17.9. The number of amides is 3. The lowest BCUT2D eigenvalue weighted by molar-refractivity contribution is -0.119. The molecule has 0 aromatic heterocycles. The molecule has 192 valence electrons. The summed E-state index contributed by atoms with van der Waals surface area (Å²) in [5, 5.41) is 5.81. The largest absolute Gasteiger partial charge is 0.493 e. The molecule has 4 N–H and O–H groups in total.